The SMILES string of the molecule is C[C@H](OC[C@@H]1CCCO1)C(=O)N(C)[C@H](C)c1cc2ccccc2o1. The second-order valence-corrected chi connectivity index (χ2v) is 6.42. The minimum absolute atomic E-state index is 0.0547. The number of benzene rings is 1. The smallest absolute Gasteiger partial charge is 0.251 e. The van der Waals surface area contributed by atoms with Crippen molar-refractivity contribution in [1.29, 1.82) is 0 Å². The zero-order valence-corrected chi connectivity index (χ0v) is 14.5. The van der Waals surface area contributed by atoms with Crippen LogP contribution in [0.25, 0.3) is 11.0 Å². The molecule has 3 atom stereocenters. The summed E-state index contributed by atoms with van der Waals surface area (Å²) in [6, 6.07) is 9.68. The van der Waals surface area contributed by atoms with Gasteiger partial charge in [-0.25, -0.2) is 0 Å². The Morgan fingerprint density at radius 3 is 2.88 bits per heavy atom. The molecule has 24 heavy (non-hydrogen) atoms. The van der Waals surface area contributed by atoms with Crippen LogP contribution in [-0.4, -0.2) is 43.3 Å². The first-order valence-corrected chi connectivity index (χ1v) is 8.54. The highest BCUT2D eigenvalue weighted by Crippen LogP contribution is 2.27. The summed E-state index contributed by atoms with van der Waals surface area (Å²) in [5.74, 6) is 0.722. The van der Waals surface area contributed by atoms with Crippen LogP contribution in [-0.2, 0) is 14.3 Å². The maximum Gasteiger partial charge on any atom is 0.251 e. The molecule has 1 fully saturated rings. The number of carbonyl (C=O) groups is 1. The molecular weight excluding hydrogens is 306 g/mol. The van der Waals surface area contributed by atoms with Crippen LogP contribution in [0.2, 0.25) is 0 Å². The number of hydrogen-bond donors (Lipinski definition) is 0. The standard InChI is InChI=1S/C19H25NO4/c1-13(18-11-15-7-4-5-9-17(15)24-18)20(3)19(21)14(2)23-12-16-8-6-10-22-16/h4-5,7,9,11,13-14,16H,6,8,10,12H2,1-3H3/t13-,14+,16+/m1/s1. The Morgan fingerprint density at radius 1 is 1.38 bits per heavy atom. The summed E-state index contributed by atoms with van der Waals surface area (Å²) in [6.07, 6.45) is 1.70. The van der Waals surface area contributed by atoms with Crippen molar-refractivity contribution in [3.05, 3.63) is 36.1 Å². The van der Waals surface area contributed by atoms with E-state index < -0.39 is 6.10 Å². The first-order valence-electron chi connectivity index (χ1n) is 8.54. The lowest BCUT2D eigenvalue weighted by molar-refractivity contribution is -0.145. The number of nitrogens with zero attached hydrogens (tertiary/aromatic N) is 1. The van der Waals surface area contributed by atoms with Crippen LogP contribution in [0.5, 0.6) is 0 Å². The molecule has 1 saturated heterocycles. The molecule has 1 aromatic heterocycles. The van der Waals surface area contributed by atoms with Gasteiger partial charge >= 0.3 is 0 Å². The molecule has 1 aromatic carbocycles. The van der Waals surface area contributed by atoms with Gasteiger partial charge in [0.05, 0.1) is 18.8 Å². The molecule has 0 radical (unpaired) electrons. The Kier molecular flexibility index (Phi) is 5.21. The molecule has 1 aliphatic rings. The van der Waals surface area contributed by atoms with Crippen molar-refractivity contribution in [2.75, 3.05) is 20.3 Å². The average Bonchev–Trinajstić information content (AvgIpc) is 3.26. The van der Waals surface area contributed by atoms with Gasteiger partial charge in [0.1, 0.15) is 17.4 Å². The number of furan rings is 1. The molecule has 2 heterocycles. The highest BCUT2D eigenvalue weighted by molar-refractivity contribution is 5.81. The van der Waals surface area contributed by atoms with Crippen molar-refractivity contribution < 1.29 is 18.7 Å². The second kappa shape index (κ2) is 7.36. The first kappa shape index (κ1) is 17.0. The topological polar surface area (TPSA) is 51.9 Å². The van der Waals surface area contributed by atoms with Gasteiger partial charge < -0.3 is 18.8 Å². The molecule has 0 saturated carbocycles. The molecule has 0 N–H and O–H groups in total. The number of ether oxygens (including phenoxy) is 2. The van der Waals surface area contributed by atoms with Crippen molar-refractivity contribution in [3.63, 3.8) is 0 Å². The molecule has 1 amide bonds. The predicted molar refractivity (Wildman–Crippen MR) is 91.8 cm³/mol. The minimum atomic E-state index is -0.494. The lowest BCUT2D eigenvalue weighted by atomic mass is 10.2. The lowest BCUT2D eigenvalue weighted by Gasteiger charge is -2.26. The zero-order valence-electron chi connectivity index (χ0n) is 14.5. The Labute approximate surface area is 142 Å². The second-order valence-electron chi connectivity index (χ2n) is 6.42. The van der Waals surface area contributed by atoms with Gasteiger partial charge in [-0.1, -0.05) is 18.2 Å². The van der Waals surface area contributed by atoms with Gasteiger partial charge in [0.2, 0.25) is 0 Å². The van der Waals surface area contributed by atoms with Gasteiger partial charge in [0.15, 0.2) is 0 Å². The molecule has 2 aromatic rings. The van der Waals surface area contributed by atoms with E-state index >= 15 is 0 Å². The number of para-hydroxylation sites is 1. The summed E-state index contributed by atoms with van der Waals surface area (Å²) in [4.78, 5) is 14.3. The van der Waals surface area contributed by atoms with Gasteiger partial charge in [0.25, 0.3) is 5.91 Å². The molecule has 1 aliphatic heterocycles. The fourth-order valence-electron chi connectivity index (χ4n) is 2.98. The van der Waals surface area contributed by atoms with Crippen molar-refractivity contribution in [3.8, 4) is 0 Å². The van der Waals surface area contributed by atoms with Gasteiger partial charge in [0, 0.05) is 19.0 Å². The van der Waals surface area contributed by atoms with Crippen molar-refractivity contribution >= 4 is 16.9 Å². The Hall–Kier alpha value is -1.85. The van der Waals surface area contributed by atoms with Crippen LogP contribution in [0, 0.1) is 0 Å². The minimum Gasteiger partial charge on any atom is -0.459 e. The van der Waals surface area contributed by atoms with E-state index in [1.165, 1.54) is 0 Å². The zero-order chi connectivity index (χ0) is 17.1. The molecule has 5 nitrogen and oxygen atoms in total. The average molecular weight is 331 g/mol. The predicted octanol–water partition coefficient (Wildman–Crippen LogP) is 3.54. The van der Waals surface area contributed by atoms with Crippen LogP contribution >= 0.6 is 0 Å². The molecule has 0 aliphatic carbocycles. The van der Waals surface area contributed by atoms with Gasteiger partial charge in [-0.15, -0.1) is 0 Å². The van der Waals surface area contributed by atoms with E-state index in [-0.39, 0.29) is 18.1 Å². The van der Waals surface area contributed by atoms with Crippen molar-refractivity contribution in [2.24, 2.45) is 0 Å². The molecule has 5 heteroatoms. The molecule has 0 spiro atoms. The number of carbonyl (C=O) groups excluding carboxylic acids is 1. The van der Waals surface area contributed by atoms with Crippen LogP contribution in [0.1, 0.15) is 38.5 Å². The fraction of sp³-hybridized carbons (Fsp3) is 0.526. The molecule has 0 unspecified atom stereocenters. The van der Waals surface area contributed by atoms with Crippen LogP contribution in [0.15, 0.2) is 34.7 Å². The number of hydrogen-bond acceptors (Lipinski definition) is 4. The lowest BCUT2D eigenvalue weighted by Crippen LogP contribution is -2.38. The van der Waals surface area contributed by atoms with E-state index in [1.54, 1.807) is 18.9 Å². The van der Waals surface area contributed by atoms with Gasteiger partial charge in [-0.05, 0) is 38.8 Å². The van der Waals surface area contributed by atoms with Crippen LogP contribution < -0.4 is 0 Å². The van der Waals surface area contributed by atoms with E-state index in [9.17, 15) is 4.79 Å². The Morgan fingerprint density at radius 2 is 2.17 bits per heavy atom. The quantitative estimate of drug-likeness (QED) is 0.812. The molecule has 0 bridgehead atoms. The maximum atomic E-state index is 12.6. The summed E-state index contributed by atoms with van der Waals surface area (Å²) in [5, 5.41) is 1.04. The van der Waals surface area contributed by atoms with E-state index in [1.807, 2.05) is 37.3 Å². The van der Waals surface area contributed by atoms with Crippen molar-refractivity contribution in [1.82, 2.24) is 4.90 Å². The van der Waals surface area contributed by atoms with Gasteiger partial charge in [-0.3, -0.25) is 4.79 Å². The summed E-state index contributed by atoms with van der Waals surface area (Å²) in [7, 11) is 1.78. The number of amides is 1. The number of rotatable bonds is 6. The van der Waals surface area contributed by atoms with E-state index in [4.69, 9.17) is 13.9 Å². The number of likely N-dealkylation sites (N-methyl/N-ethyl adjacent to an activating group) is 1. The van der Waals surface area contributed by atoms with Gasteiger partial charge in [-0.2, -0.15) is 0 Å². The van der Waals surface area contributed by atoms with E-state index in [2.05, 4.69) is 0 Å². The summed E-state index contributed by atoms with van der Waals surface area (Å²) in [6.45, 7) is 5.01. The Bertz CT molecular complexity index is 656. The van der Waals surface area contributed by atoms with E-state index in [0.717, 1.165) is 36.2 Å². The largest absolute Gasteiger partial charge is 0.459 e. The molecule has 3 rings (SSSR count). The monoisotopic (exact) mass is 331 g/mol. The Balaban J connectivity index is 1.60. The maximum absolute atomic E-state index is 12.6. The van der Waals surface area contributed by atoms with Crippen LogP contribution in [0.4, 0.5) is 0 Å². The summed E-state index contributed by atoms with van der Waals surface area (Å²) in [5.41, 5.74) is 0.836. The third kappa shape index (κ3) is 3.62. The number of fused-ring (bicyclic) bond motifs is 1. The first-order chi connectivity index (χ1) is 11.6. The third-order valence-corrected chi connectivity index (χ3v) is 4.69. The normalized spacial score (nSPS) is 20.2. The highest BCUT2D eigenvalue weighted by Gasteiger charge is 2.26. The van der Waals surface area contributed by atoms with Crippen molar-refractivity contribution in [2.45, 2.75) is 44.9 Å². The van der Waals surface area contributed by atoms with Crippen LogP contribution in [0.3, 0.4) is 0 Å². The summed E-state index contributed by atoms with van der Waals surface area (Å²) >= 11 is 0. The van der Waals surface area contributed by atoms with E-state index in [0.29, 0.717) is 6.61 Å². The molecular formula is C19H25NO4. The fourth-order valence-corrected chi connectivity index (χ4v) is 2.98. The third-order valence-electron chi connectivity index (χ3n) is 4.69. The highest BCUT2D eigenvalue weighted by atomic mass is 16.5. The molecule has 130 valence electrons. The summed E-state index contributed by atoms with van der Waals surface area (Å²) < 4.78 is 17.1.